The molecule has 0 radical (unpaired) electrons. The van der Waals surface area contributed by atoms with E-state index in [0.717, 1.165) is 11.4 Å². The summed E-state index contributed by atoms with van der Waals surface area (Å²) in [4.78, 5) is 1.77. The molecular weight excluding hydrogens is 376 g/mol. The van der Waals surface area contributed by atoms with Crippen LogP contribution in [0.25, 0.3) is 0 Å². The van der Waals surface area contributed by atoms with Crippen molar-refractivity contribution in [1.29, 1.82) is 0 Å². The lowest BCUT2D eigenvalue weighted by atomic mass is 9.86. The van der Waals surface area contributed by atoms with Crippen LogP contribution in [0.4, 0.5) is 25.8 Å². The molecular formula is C27H31F2N. The van der Waals surface area contributed by atoms with Gasteiger partial charge in [0, 0.05) is 17.4 Å². The van der Waals surface area contributed by atoms with E-state index in [1.165, 1.54) is 23.3 Å². The van der Waals surface area contributed by atoms with E-state index in [9.17, 15) is 8.78 Å². The van der Waals surface area contributed by atoms with Crippen LogP contribution >= 0.6 is 0 Å². The third-order valence-electron chi connectivity index (χ3n) is 5.45. The van der Waals surface area contributed by atoms with Crippen LogP contribution < -0.4 is 4.90 Å². The summed E-state index contributed by atoms with van der Waals surface area (Å²) in [6.07, 6.45) is 0. The number of nitrogens with zero attached hydrogens (tertiary/aromatic N) is 1. The Morgan fingerprint density at radius 3 is 1.37 bits per heavy atom. The van der Waals surface area contributed by atoms with Gasteiger partial charge in [-0.25, -0.2) is 8.78 Å². The first-order valence-corrected chi connectivity index (χ1v) is 10.3. The van der Waals surface area contributed by atoms with E-state index >= 15 is 0 Å². The van der Waals surface area contributed by atoms with Gasteiger partial charge in [-0.15, -0.1) is 0 Å². The highest BCUT2D eigenvalue weighted by Gasteiger charge is 2.21. The van der Waals surface area contributed by atoms with Crippen LogP contribution in [0.2, 0.25) is 0 Å². The van der Waals surface area contributed by atoms with Gasteiger partial charge in [0.2, 0.25) is 0 Å². The van der Waals surface area contributed by atoms with Gasteiger partial charge >= 0.3 is 0 Å². The first-order valence-electron chi connectivity index (χ1n) is 10.3. The molecule has 0 saturated heterocycles. The van der Waals surface area contributed by atoms with Gasteiger partial charge in [-0.1, -0.05) is 65.8 Å². The van der Waals surface area contributed by atoms with Crippen LogP contribution in [0.3, 0.4) is 0 Å². The fourth-order valence-electron chi connectivity index (χ4n) is 3.46. The number of halogens is 2. The minimum atomic E-state index is -0.450. The van der Waals surface area contributed by atoms with Crippen molar-refractivity contribution in [2.75, 3.05) is 4.90 Å². The van der Waals surface area contributed by atoms with E-state index in [1.54, 1.807) is 11.8 Å². The Labute approximate surface area is 179 Å². The lowest BCUT2D eigenvalue weighted by Gasteiger charge is -2.28. The van der Waals surface area contributed by atoms with Crippen LogP contribution in [-0.4, -0.2) is 0 Å². The Balaban J connectivity index is 2.16. The predicted octanol–water partition coefficient (Wildman–Crippen LogP) is 8.34. The molecule has 0 aliphatic rings. The molecule has 30 heavy (non-hydrogen) atoms. The quantitative estimate of drug-likeness (QED) is 0.422. The zero-order valence-electron chi connectivity index (χ0n) is 19.0. The van der Waals surface area contributed by atoms with E-state index < -0.39 is 11.6 Å². The van der Waals surface area contributed by atoms with Gasteiger partial charge in [0.15, 0.2) is 0 Å². The van der Waals surface area contributed by atoms with Crippen molar-refractivity contribution in [3.63, 3.8) is 0 Å². The Morgan fingerprint density at radius 1 is 0.600 bits per heavy atom. The highest BCUT2D eigenvalue weighted by atomic mass is 19.1. The van der Waals surface area contributed by atoms with Crippen LogP contribution in [0.5, 0.6) is 0 Å². The fourth-order valence-corrected chi connectivity index (χ4v) is 3.46. The molecule has 0 atom stereocenters. The van der Waals surface area contributed by atoms with Crippen molar-refractivity contribution in [2.45, 2.75) is 59.3 Å². The smallest absolute Gasteiger partial charge is 0.147 e. The van der Waals surface area contributed by atoms with Crippen LogP contribution in [0, 0.1) is 18.6 Å². The second-order valence-corrected chi connectivity index (χ2v) is 9.98. The summed E-state index contributed by atoms with van der Waals surface area (Å²) in [6.45, 7) is 14.5. The van der Waals surface area contributed by atoms with E-state index in [-0.39, 0.29) is 16.5 Å². The number of anilines is 3. The highest BCUT2D eigenvalue weighted by Crippen LogP contribution is 2.38. The molecule has 0 aliphatic heterocycles. The van der Waals surface area contributed by atoms with Crippen molar-refractivity contribution in [1.82, 2.24) is 0 Å². The molecule has 0 spiro atoms. The summed E-state index contributed by atoms with van der Waals surface area (Å²) in [5.74, 6) is -0.872. The van der Waals surface area contributed by atoms with Crippen molar-refractivity contribution in [3.8, 4) is 0 Å². The number of rotatable bonds is 3. The molecule has 0 saturated carbocycles. The minimum Gasteiger partial charge on any atom is -0.308 e. The van der Waals surface area contributed by atoms with Crippen molar-refractivity contribution in [3.05, 3.63) is 89.0 Å². The van der Waals surface area contributed by atoms with Crippen LogP contribution in [0.1, 0.15) is 58.2 Å². The van der Waals surface area contributed by atoms with Crippen LogP contribution in [-0.2, 0) is 10.8 Å². The predicted molar refractivity (Wildman–Crippen MR) is 123 cm³/mol. The molecule has 3 heteroatoms. The topological polar surface area (TPSA) is 3.24 Å². The average Bonchev–Trinajstić information content (AvgIpc) is 2.65. The van der Waals surface area contributed by atoms with Crippen molar-refractivity contribution < 1.29 is 8.78 Å². The summed E-state index contributed by atoms with van der Waals surface area (Å²) in [7, 11) is 0. The largest absolute Gasteiger partial charge is 0.308 e. The maximum Gasteiger partial charge on any atom is 0.147 e. The van der Waals surface area contributed by atoms with Crippen molar-refractivity contribution >= 4 is 17.1 Å². The molecule has 0 aromatic heterocycles. The molecule has 0 aliphatic carbocycles. The first kappa shape index (κ1) is 22.0. The molecule has 3 aromatic rings. The minimum absolute atomic E-state index is 0.0128. The first-order chi connectivity index (χ1) is 13.9. The van der Waals surface area contributed by atoms with E-state index in [2.05, 4.69) is 41.5 Å². The fraction of sp³-hybridized carbons (Fsp3) is 0.333. The van der Waals surface area contributed by atoms with E-state index in [0.29, 0.717) is 5.56 Å². The summed E-state index contributed by atoms with van der Waals surface area (Å²) in [5.41, 5.74) is 4.46. The highest BCUT2D eigenvalue weighted by molar-refractivity contribution is 5.77. The van der Waals surface area contributed by atoms with Gasteiger partial charge in [0.05, 0.1) is 5.69 Å². The summed E-state index contributed by atoms with van der Waals surface area (Å²) >= 11 is 0. The second kappa shape index (κ2) is 7.86. The molecule has 0 amide bonds. The normalized spacial score (nSPS) is 12.2. The zero-order valence-corrected chi connectivity index (χ0v) is 19.0. The molecule has 0 fully saturated rings. The maximum absolute atomic E-state index is 15.0. The number of benzene rings is 3. The zero-order chi connectivity index (χ0) is 22.3. The third kappa shape index (κ3) is 4.56. The van der Waals surface area contributed by atoms with E-state index in [1.807, 2.05) is 48.5 Å². The molecule has 0 heterocycles. The lowest BCUT2D eigenvalue weighted by Crippen LogP contribution is -2.15. The number of aryl methyl sites for hydroxylation is 1. The lowest BCUT2D eigenvalue weighted by molar-refractivity contribution is 0.589. The SMILES string of the molecule is Cc1cc(F)c(N(c2ccc(C(C)(C)C)cc2)c2ccc(C(C)(C)C)cc2)cc1F. The van der Waals surface area contributed by atoms with Gasteiger partial charge in [-0.3, -0.25) is 0 Å². The molecule has 3 rings (SSSR count). The summed E-state index contributed by atoms with van der Waals surface area (Å²) in [6, 6.07) is 18.6. The Hall–Kier alpha value is -2.68. The number of hydrogen-bond acceptors (Lipinski definition) is 1. The monoisotopic (exact) mass is 407 g/mol. The molecule has 158 valence electrons. The Bertz CT molecular complexity index is 963. The third-order valence-corrected chi connectivity index (χ3v) is 5.45. The second-order valence-electron chi connectivity index (χ2n) is 9.98. The molecule has 0 bridgehead atoms. The molecule has 0 unspecified atom stereocenters. The van der Waals surface area contributed by atoms with Crippen molar-refractivity contribution in [2.24, 2.45) is 0 Å². The molecule has 1 nitrogen and oxygen atoms in total. The van der Waals surface area contributed by atoms with Gasteiger partial charge in [-0.05, 0) is 64.8 Å². The average molecular weight is 408 g/mol. The Kier molecular flexibility index (Phi) is 5.77. The Morgan fingerprint density at radius 2 is 1.00 bits per heavy atom. The standard InChI is InChI=1S/C27H31F2N/c1-18-16-24(29)25(17-23(18)28)30(21-12-8-19(9-13-21)26(2,3)4)22-14-10-20(11-15-22)27(5,6)7/h8-17H,1-7H3. The number of hydrogen-bond donors (Lipinski definition) is 0. The van der Waals surface area contributed by atoms with Gasteiger partial charge in [-0.2, -0.15) is 0 Å². The van der Waals surface area contributed by atoms with E-state index in [4.69, 9.17) is 0 Å². The van der Waals surface area contributed by atoms with Gasteiger partial charge < -0.3 is 4.90 Å². The maximum atomic E-state index is 15.0. The molecule has 3 aromatic carbocycles. The van der Waals surface area contributed by atoms with Gasteiger partial charge in [0.1, 0.15) is 11.6 Å². The van der Waals surface area contributed by atoms with Gasteiger partial charge in [0.25, 0.3) is 0 Å². The summed E-state index contributed by atoms with van der Waals surface area (Å²) < 4.78 is 29.4. The molecule has 0 N–H and O–H groups in total. The summed E-state index contributed by atoms with van der Waals surface area (Å²) in [5, 5.41) is 0. The van der Waals surface area contributed by atoms with Crippen LogP contribution in [0.15, 0.2) is 60.7 Å².